The minimum absolute atomic E-state index is 1.14. The molecule has 0 aliphatic heterocycles. The molecule has 0 saturated heterocycles. The summed E-state index contributed by atoms with van der Waals surface area (Å²) >= 11 is 0. The molecule has 24 heavy (non-hydrogen) atoms. The van der Waals surface area contributed by atoms with Gasteiger partial charge in [0.2, 0.25) is 0 Å². The van der Waals surface area contributed by atoms with Crippen molar-refractivity contribution in [3.05, 3.63) is 35.4 Å². The van der Waals surface area contributed by atoms with Crippen LogP contribution in [0.5, 0.6) is 0 Å². The number of hydrogen-bond acceptors (Lipinski definition) is 0. The largest absolute Gasteiger partial charge is 0.0683 e. The molecule has 3 aliphatic rings. The Labute approximate surface area is 152 Å². The summed E-state index contributed by atoms with van der Waals surface area (Å²) in [5, 5.41) is 0. The van der Waals surface area contributed by atoms with Crippen LogP contribution < -0.4 is 0 Å². The first-order valence-corrected chi connectivity index (χ1v) is 10.9. The van der Waals surface area contributed by atoms with Gasteiger partial charge < -0.3 is 0 Å². The second-order valence-corrected chi connectivity index (χ2v) is 7.12. The van der Waals surface area contributed by atoms with Crippen molar-refractivity contribution in [3.8, 4) is 0 Å². The third-order valence-corrected chi connectivity index (χ3v) is 6.19. The Morgan fingerprint density at radius 2 is 1.04 bits per heavy atom. The lowest BCUT2D eigenvalue weighted by atomic mass is 9.82. The zero-order chi connectivity index (χ0) is 17.9. The third kappa shape index (κ3) is 5.36. The monoisotopic (exact) mass is 330 g/mol. The van der Waals surface area contributed by atoms with Crippen LogP contribution in [-0.4, -0.2) is 0 Å². The highest BCUT2D eigenvalue weighted by molar-refractivity contribution is 5.22. The quantitative estimate of drug-likeness (QED) is 0.521. The molecule has 3 fully saturated rings. The first-order chi connectivity index (χ1) is 11.8. The van der Waals surface area contributed by atoms with Crippen molar-refractivity contribution in [2.24, 2.45) is 23.7 Å². The van der Waals surface area contributed by atoms with E-state index < -0.39 is 0 Å². The number of aryl methyl sites for hydroxylation is 2. The van der Waals surface area contributed by atoms with Gasteiger partial charge in [0.25, 0.3) is 0 Å². The van der Waals surface area contributed by atoms with Gasteiger partial charge in [0.05, 0.1) is 0 Å². The van der Waals surface area contributed by atoms with Gasteiger partial charge in [-0.2, -0.15) is 0 Å². The van der Waals surface area contributed by atoms with Crippen LogP contribution in [0, 0.1) is 23.7 Å². The van der Waals surface area contributed by atoms with Crippen LogP contribution in [0.15, 0.2) is 24.3 Å². The number of hydrogen-bond donors (Lipinski definition) is 0. The second-order valence-electron chi connectivity index (χ2n) is 7.12. The van der Waals surface area contributed by atoms with Crippen LogP contribution in [0.25, 0.3) is 0 Å². The van der Waals surface area contributed by atoms with Crippen LogP contribution in [0.3, 0.4) is 0 Å². The van der Waals surface area contributed by atoms with Crippen molar-refractivity contribution in [3.63, 3.8) is 0 Å². The summed E-state index contributed by atoms with van der Waals surface area (Å²) < 4.78 is 0. The fourth-order valence-electron chi connectivity index (χ4n) is 5.03. The van der Waals surface area contributed by atoms with Gasteiger partial charge in [-0.05, 0) is 79.7 Å². The molecule has 138 valence electrons. The summed E-state index contributed by atoms with van der Waals surface area (Å²) in [4.78, 5) is 0. The van der Waals surface area contributed by atoms with Gasteiger partial charge in [-0.1, -0.05) is 72.2 Å². The molecule has 4 atom stereocenters. The molecule has 0 nitrogen and oxygen atoms in total. The summed E-state index contributed by atoms with van der Waals surface area (Å²) in [5.74, 6) is 4.80. The Bertz CT molecular complexity index is 377. The van der Waals surface area contributed by atoms with Crippen LogP contribution in [0.1, 0.15) is 91.2 Å². The summed E-state index contributed by atoms with van der Waals surface area (Å²) in [7, 11) is 0. The first-order valence-electron chi connectivity index (χ1n) is 10.9. The predicted octanol–water partition coefficient (Wildman–Crippen LogP) is 7.70. The van der Waals surface area contributed by atoms with Crippen LogP contribution in [0.2, 0.25) is 0 Å². The topological polar surface area (TPSA) is 0 Å². The Hall–Kier alpha value is -0.780. The van der Waals surface area contributed by atoms with Gasteiger partial charge in [0, 0.05) is 0 Å². The van der Waals surface area contributed by atoms with Crippen molar-refractivity contribution in [2.75, 3.05) is 0 Å². The zero-order valence-corrected chi connectivity index (χ0v) is 17.3. The molecule has 0 radical (unpaired) electrons. The molecule has 0 N–H and O–H groups in total. The van der Waals surface area contributed by atoms with Crippen LogP contribution >= 0.6 is 0 Å². The Balaban J connectivity index is 0.000000199. The molecular weight excluding hydrogens is 288 g/mol. The van der Waals surface area contributed by atoms with E-state index in [0.29, 0.717) is 0 Å². The van der Waals surface area contributed by atoms with Gasteiger partial charge in [-0.25, -0.2) is 0 Å². The fraction of sp³-hybridized carbons (Fsp3) is 0.750. The molecular formula is C24H42. The predicted molar refractivity (Wildman–Crippen MR) is 110 cm³/mol. The van der Waals surface area contributed by atoms with E-state index in [-0.39, 0.29) is 0 Å². The van der Waals surface area contributed by atoms with E-state index in [2.05, 4.69) is 38.1 Å². The van der Waals surface area contributed by atoms with Crippen molar-refractivity contribution in [1.29, 1.82) is 0 Å². The fourth-order valence-corrected chi connectivity index (χ4v) is 5.03. The number of benzene rings is 1. The highest BCUT2D eigenvalue weighted by Gasteiger charge is 2.48. The lowest BCUT2D eigenvalue weighted by Gasteiger charge is -2.23. The van der Waals surface area contributed by atoms with Gasteiger partial charge >= 0.3 is 0 Å². The maximum absolute atomic E-state index is 2.21. The highest BCUT2D eigenvalue weighted by Crippen LogP contribution is 2.58. The zero-order valence-electron chi connectivity index (χ0n) is 17.3. The SMILES string of the molecule is C1CC2C3CCC(C3)C2C1.CC.CC.CCc1ccc(CC)cc1. The highest BCUT2D eigenvalue weighted by atomic mass is 14.5. The molecule has 1 aromatic carbocycles. The van der Waals surface area contributed by atoms with Crippen LogP contribution in [-0.2, 0) is 12.8 Å². The molecule has 2 bridgehead atoms. The molecule has 0 aromatic heterocycles. The lowest BCUT2D eigenvalue weighted by Crippen LogP contribution is -2.15. The Morgan fingerprint density at radius 1 is 0.667 bits per heavy atom. The summed E-state index contributed by atoms with van der Waals surface area (Å²) in [5.41, 5.74) is 2.86. The lowest BCUT2D eigenvalue weighted by molar-refractivity contribution is 0.259. The van der Waals surface area contributed by atoms with Crippen molar-refractivity contribution in [1.82, 2.24) is 0 Å². The summed E-state index contributed by atoms with van der Waals surface area (Å²) in [6.45, 7) is 12.4. The Kier molecular flexibility index (Phi) is 10.4. The van der Waals surface area contributed by atoms with Crippen molar-refractivity contribution < 1.29 is 0 Å². The van der Waals surface area contributed by atoms with E-state index in [1.807, 2.05) is 27.7 Å². The number of rotatable bonds is 2. The molecule has 4 rings (SSSR count). The van der Waals surface area contributed by atoms with Crippen LogP contribution in [0.4, 0.5) is 0 Å². The maximum atomic E-state index is 2.21. The Morgan fingerprint density at radius 3 is 1.38 bits per heavy atom. The average molecular weight is 331 g/mol. The molecule has 0 spiro atoms. The molecule has 4 unspecified atom stereocenters. The normalized spacial score (nSPS) is 28.6. The molecule has 0 amide bonds. The molecule has 0 heteroatoms. The second kappa shape index (κ2) is 11.7. The molecule has 3 saturated carbocycles. The molecule has 1 aromatic rings. The van der Waals surface area contributed by atoms with E-state index in [1.165, 1.54) is 34.8 Å². The smallest absolute Gasteiger partial charge is 0.0307 e. The molecule has 0 heterocycles. The average Bonchev–Trinajstić information content (AvgIpc) is 3.40. The van der Waals surface area contributed by atoms with Gasteiger partial charge in [0.1, 0.15) is 0 Å². The van der Waals surface area contributed by atoms with E-state index in [1.54, 1.807) is 38.5 Å². The van der Waals surface area contributed by atoms with E-state index >= 15 is 0 Å². The third-order valence-electron chi connectivity index (χ3n) is 6.19. The van der Waals surface area contributed by atoms with E-state index in [4.69, 9.17) is 0 Å². The first kappa shape index (κ1) is 21.3. The minimum atomic E-state index is 1.14. The maximum Gasteiger partial charge on any atom is -0.0307 e. The van der Waals surface area contributed by atoms with Gasteiger partial charge in [-0.3, -0.25) is 0 Å². The van der Waals surface area contributed by atoms with E-state index in [9.17, 15) is 0 Å². The van der Waals surface area contributed by atoms with E-state index in [0.717, 1.165) is 12.8 Å². The number of fused-ring (bicyclic) bond motifs is 5. The summed E-state index contributed by atoms with van der Waals surface area (Å²) in [6, 6.07) is 8.83. The van der Waals surface area contributed by atoms with Crippen molar-refractivity contribution >= 4 is 0 Å². The minimum Gasteiger partial charge on any atom is -0.0683 e. The molecule has 3 aliphatic carbocycles. The van der Waals surface area contributed by atoms with Crippen molar-refractivity contribution in [2.45, 2.75) is 92.9 Å². The standard InChI is InChI=1S/C10H16.C10H14.2C2H6/c1-2-9-7-4-5-8(6-7)10(9)3-1;1-3-9-5-7-10(4-2)8-6-9;2*1-2/h7-10H,1-6H2;5-8H,3-4H2,1-2H3;2*1-2H3. The van der Waals surface area contributed by atoms with Gasteiger partial charge in [-0.15, -0.1) is 0 Å². The summed E-state index contributed by atoms with van der Waals surface area (Å²) in [6.07, 6.45) is 11.8. The van der Waals surface area contributed by atoms with Gasteiger partial charge in [0.15, 0.2) is 0 Å².